The lowest BCUT2D eigenvalue weighted by molar-refractivity contribution is -0.384. The lowest BCUT2D eigenvalue weighted by Gasteiger charge is -2.34. The molecule has 0 N–H and O–H groups in total. The van der Waals surface area contributed by atoms with E-state index in [1.807, 2.05) is 11.9 Å². The standard InChI is InChI=1S/C15H22N2O3/c1-11(15(2,3)4)16(5)10-14(18)12-7-6-8-13(9-12)17(19)20/h6-9,11H,10H2,1-5H3. The molecule has 110 valence electrons. The van der Waals surface area contributed by atoms with Crippen LogP contribution in [0.5, 0.6) is 0 Å². The van der Waals surface area contributed by atoms with E-state index in [0.717, 1.165) is 0 Å². The molecule has 0 heterocycles. The van der Waals surface area contributed by atoms with Gasteiger partial charge in [0.15, 0.2) is 5.78 Å². The Labute approximate surface area is 119 Å². The number of rotatable bonds is 5. The SMILES string of the molecule is CC(N(C)CC(=O)c1cccc([N+](=O)[O-])c1)C(C)(C)C. The third kappa shape index (κ3) is 4.13. The molecule has 5 nitrogen and oxygen atoms in total. The minimum Gasteiger partial charge on any atom is -0.296 e. The predicted octanol–water partition coefficient (Wildman–Crippen LogP) is 3.14. The summed E-state index contributed by atoms with van der Waals surface area (Å²) >= 11 is 0. The van der Waals surface area contributed by atoms with Crippen molar-refractivity contribution in [2.75, 3.05) is 13.6 Å². The lowest BCUT2D eigenvalue weighted by atomic mass is 9.87. The topological polar surface area (TPSA) is 63.5 Å². The van der Waals surface area contributed by atoms with Gasteiger partial charge in [0.1, 0.15) is 0 Å². The maximum atomic E-state index is 12.2. The number of likely N-dealkylation sites (N-methyl/N-ethyl adjacent to an activating group) is 1. The van der Waals surface area contributed by atoms with Crippen LogP contribution in [0.4, 0.5) is 5.69 Å². The van der Waals surface area contributed by atoms with E-state index in [2.05, 4.69) is 27.7 Å². The maximum absolute atomic E-state index is 12.2. The molecule has 0 saturated heterocycles. The van der Waals surface area contributed by atoms with E-state index in [4.69, 9.17) is 0 Å². The second-order valence-corrected chi connectivity index (χ2v) is 6.19. The van der Waals surface area contributed by atoms with Gasteiger partial charge in [-0.2, -0.15) is 0 Å². The summed E-state index contributed by atoms with van der Waals surface area (Å²) in [6, 6.07) is 6.10. The average molecular weight is 278 g/mol. The van der Waals surface area contributed by atoms with Crippen LogP contribution < -0.4 is 0 Å². The molecule has 0 spiro atoms. The molecule has 0 amide bonds. The number of nitro groups is 1. The summed E-state index contributed by atoms with van der Waals surface area (Å²) in [5.74, 6) is -0.104. The third-order valence-electron chi connectivity index (χ3n) is 3.69. The van der Waals surface area contributed by atoms with Crippen LogP contribution in [-0.2, 0) is 0 Å². The molecule has 0 aliphatic rings. The Hall–Kier alpha value is -1.75. The molecule has 5 heteroatoms. The Balaban J connectivity index is 2.81. The number of hydrogen-bond acceptors (Lipinski definition) is 4. The van der Waals surface area contributed by atoms with Gasteiger partial charge < -0.3 is 0 Å². The number of ketones is 1. The highest BCUT2D eigenvalue weighted by atomic mass is 16.6. The van der Waals surface area contributed by atoms with Crippen LogP contribution in [0, 0.1) is 15.5 Å². The van der Waals surface area contributed by atoms with Crippen molar-refractivity contribution in [2.24, 2.45) is 5.41 Å². The lowest BCUT2D eigenvalue weighted by Crippen LogP contribution is -2.41. The van der Waals surface area contributed by atoms with Gasteiger partial charge in [-0.15, -0.1) is 0 Å². The smallest absolute Gasteiger partial charge is 0.270 e. The number of nitrogens with zero attached hydrogens (tertiary/aromatic N) is 2. The van der Waals surface area contributed by atoms with Crippen molar-refractivity contribution in [1.82, 2.24) is 4.90 Å². The molecule has 0 bridgehead atoms. The zero-order valence-corrected chi connectivity index (χ0v) is 12.7. The van der Waals surface area contributed by atoms with Crippen LogP contribution in [0.25, 0.3) is 0 Å². The summed E-state index contributed by atoms with van der Waals surface area (Å²) in [6.07, 6.45) is 0. The number of benzene rings is 1. The second-order valence-electron chi connectivity index (χ2n) is 6.19. The van der Waals surface area contributed by atoms with E-state index < -0.39 is 4.92 Å². The second kappa shape index (κ2) is 6.13. The highest BCUT2D eigenvalue weighted by molar-refractivity contribution is 5.98. The van der Waals surface area contributed by atoms with Gasteiger partial charge in [-0.05, 0) is 19.4 Å². The first kappa shape index (κ1) is 16.3. The van der Waals surface area contributed by atoms with Crippen LogP contribution >= 0.6 is 0 Å². The van der Waals surface area contributed by atoms with E-state index in [9.17, 15) is 14.9 Å². The minimum atomic E-state index is -0.488. The summed E-state index contributed by atoms with van der Waals surface area (Å²) in [4.78, 5) is 24.4. The minimum absolute atomic E-state index is 0.0534. The van der Waals surface area contributed by atoms with Gasteiger partial charge in [-0.3, -0.25) is 19.8 Å². The Morgan fingerprint density at radius 3 is 2.50 bits per heavy atom. The van der Waals surface area contributed by atoms with Crippen molar-refractivity contribution in [1.29, 1.82) is 0 Å². The van der Waals surface area contributed by atoms with Crippen molar-refractivity contribution in [3.8, 4) is 0 Å². The quantitative estimate of drug-likeness (QED) is 0.471. The zero-order valence-electron chi connectivity index (χ0n) is 12.7. The molecule has 1 rings (SSSR count). The fourth-order valence-electron chi connectivity index (χ4n) is 1.91. The van der Waals surface area contributed by atoms with Gasteiger partial charge in [0.2, 0.25) is 0 Å². The predicted molar refractivity (Wildman–Crippen MR) is 79.0 cm³/mol. The first-order valence-electron chi connectivity index (χ1n) is 6.61. The van der Waals surface area contributed by atoms with Crippen molar-refractivity contribution < 1.29 is 9.72 Å². The van der Waals surface area contributed by atoms with E-state index in [1.165, 1.54) is 12.1 Å². The van der Waals surface area contributed by atoms with Gasteiger partial charge in [0, 0.05) is 23.7 Å². The number of carbonyl (C=O) groups is 1. The van der Waals surface area contributed by atoms with Gasteiger partial charge in [-0.25, -0.2) is 0 Å². The summed E-state index contributed by atoms with van der Waals surface area (Å²) in [7, 11) is 1.89. The molecule has 0 aromatic heterocycles. The third-order valence-corrected chi connectivity index (χ3v) is 3.69. The molecule has 0 fully saturated rings. The van der Waals surface area contributed by atoms with Crippen LogP contribution in [0.2, 0.25) is 0 Å². The molecular weight excluding hydrogens is 256 g/mol. The largest absolute Gasteiger partial charge is 0.296 e. The first-order chi connectivity index (χ1) is 9.12. The highest BCUT2D eigenvalue weighted by Crippen LogP contribution is 2.23. The molecule has 1 unspecified atom stereocenters. The van der Waals surface area contributed by atoms with E-state index in [0.29, 0.717) is 5.56 Å². The van der Waals surface area contributed by atoms with E-state index in [1.54, 1.807) is 12.1 Å². The fourth-order valence-corrected chi connectivity index (χ4v) is 1.91. The Morgan fingerprint density at radius 1 is 1.40 bits per heavy atom. The van der Waals surface area contributed by atoms with Crippen LogP contribution in [0.15, 0.2) is 24.3 Å². The van der Waals surface area contributed by atoms with Gasteiger partial charge in [0.05, 0.1) is 11.5 Å². The Kier molecular flexibility index (Phi) is 5.00. The van der Waals surface area contributed by atoms with Gasteiger partial charge in [0.25, 0.3) is 5.69 Å². The van der Waals surface area contributed by atoms with Crippen molar-refractivity contribution in [3.63, 3.8) is 0 Å². The number of non-ortho nitro benzene ring substituents is 1. The number of Topliss-reactive ketones (excluding diaryl/α,β-unsaturated/α-hetero) is 1. The number of hydrogen-bond donors (Lipinski definition) is 0. The highest BCUT2D eigenvalue weighted by Gasteiger charge is 2.25. The summed E-state index contributed by atoms with van der Waals surface area (Å²) in [5.41, 5.74) is 0.395. The van der Waals surface area contributed by atoms with Crippen molar-refractivity contribution in [2.45, 2.75) is 33.7 Å². The summed E-state index contributed by atoms with van der Waals surface area (Å²) in [6.45, 7) is 8.67. The van der Waals surface area contributed by atoms with Crippen molar-refractivity contribution in [3.05, 3.63) is 39.9 Å². The van der Waals surface area contributed by atoms with Gasteiger partial charge >= 0.3 is 0 Å². The maximum Gasteiger partial charge on any atom is 0.270 e. The molecule has 1 atom stereocenters. The van der Waals surface area contributed by atoms with Crippen molar-refractivity contribution >= 4 is 11.5 Å². The summed E-state index contributed by atoms with van der Waals surface area (Å²) in [5, 5.41) is 10.7. The molecule has 0 saturated carbocycles. The Bertz CT molecular complexity index is 506. The molecule has 20 heavy (non-hydrogen) atoms. The Morgan fingerprint density at radius 2 is 2.00 bits per heavy atom. The molecular formula is C15H22N2O3. The number of carbonyl (C=O) groups excluding carboxylic acids is 1. The molecule has 1 aromatic carbocycles. The van der Waals surface area contributed by atoms with E-state index in [-0.39, 0.29) is 29.5 Å². The van der Waals surface area contributed by atoms with Crippen LogP contribution in [0.3, 0.4) is 0 Å². The number of nitro benzene ring substituents is 1. The molecule has 0 radical (unpaired) electrons. The molecule has 0 aliphatic carbocycles. The van der Waals surface area contributed by atoms with E-state index >= 15 is 0 Å². The molecule has 0 aliphatic heterocycles. The fraction of sp³-hybridized carbons (Fsp3) is 0.533. The van der Waals surface area contributed by atoms with Crippen LogP contribution in [-0.4, -0.2) is 35.2 Å². The normalized spacial score (nSPS) is 13.3. The average Bonchev–Trinajstić information content (AvgIpc) is 2.36. The zero-order chi connectivity index (χ0) is 15.5. The summed E-state index contributed by atoms with van der Waals surface area (Å²) < 4.78 is 0. The molecule has 1 aromatic rings. The monoisotopic (exact) mass is 278 g/mol. The van der Waals surface area contributed by atoms with Crippen LogP contribution in [0.1, 0.15) is 38.1 Å². The van der Waals surface area contributed by atoms with Gasteiger partial charge in [-0.1, -0.05) is 32.9 Å². The first-order valence-corrected chi connectivity index (χ1v) is 6.61.